The third kappa shape index (κ3) is 1.86. The lowest BCUT2D eigenvalue weighted by atomic mass is 9.75. The summed E-state index contributed by atoms with van der Waals surface area (Å²) < 4.78 is 46.7. The van der Waals surface area contributed by atoms with Crippen molar-refractivity contribution in [3.63, 3.8) is 0 Å². The Labute approximate surface area is 130 Å². The normalized spacial score (nSPS) is 32.5. The van der Waals surface area contributed by atoms with Crippen molar-refractivity contribution in [1.82, 2.24) is 14.5 Å². The highest BCUT2D eigenvalue weighted by atomic mass is 19.4. The SMILES string of the molecule is FC(F)(F)c1ccc2c(c1)nc1n2C[C@]2(CN3CCC2CC3)O1. The summed E-state index contributed by atoms with van der Waals surface area (Å²) in [4.78, 5) is 6.74. The number of nitrogens with zero attached hydrogens (tertiary/aromatic N) is 3. The number of imidazole rings is 1. The van der Waals surface area contributed by atoms with Gasteiger partial charge in [-0.25, -0.2) is 0 Å². The van der Waals surface area contributed by atoms with E-state index in [2.05, 4.69) is 9.88 Å². The molecule has 2 bridgehead atoms. The molecule has 122 valence electrons. The van der Waals surface area contributed by atoms with E-state index in [1.807, 2.05) is 4.57 Å². The van der Waals surface area contributed by atoms with Gasteiger partial charge < -0.3 is 4.74 Å². The molecular weight excluding hydrogens is 307 g/mol. The quantitative estimate of drug-likeness (QED) is 0.747. The van der Waals surface area contributed by atoms with Crippen LogP contribution in [0, 0.1) is 5.92 Å². The van der Waals surface area contributed by atoms with E-state index in [-0.39, 0.29) is 5.60 Å². The van der Waals surface area contributed by atoms with Gasteiger partial charge in [0.2, 0.25) is 0 Å². The van der Waals surface area contributed by atoms with E-state index in [4.69, 9.17) is 4.74 Å². The van der Waals surface area contributed by atoms with E-state index >= 15 is 0 Å². The number of alkyl halides is 3. The van der Waals surface area contributed by atoms with Crippen molar-refractivity contribution in [1.29, 1.82) is 0 Å². The molecule has 1 spiro atoms. The van der Waals surface area contributed by atoms with Crippen LogP contribution in [0.3, 0.4) is 0 Å². The van der Waals surface area contributed by atoms with Crippen LogP contribution in [0.25, 0.3) is 11.0 Å². The summed E-state index contributed by atoms with van der Waals surface area (Å²) in [6.45, 7) is 3.82. The zero-order chi connectivity index (χ0) is 15.8. The molecular formula is C16H16F3N3O. The number of aromatic nitrogens is 2. The first kappa shape index (κ1) is 13.7. The van der Waals surface area contributed by atoms with Gasteiger partial charge in [0.05, 0.1) is 23.1 Å². The minimum atomic E-state index is -4.35. The minimum Gasteiger partial charge on any atom is -0.454 e. The van der Waals surface area contributed by atoms with Crippen molar-refractivity contribution in [2.75, 3.05) is 19.6 Å². The fraction of sp³-hybridized carbons (Fsp3) is 0.562. The molecule has 0 N–H and O–H groups in total. The zero-order valence-corrected chi connectivity index (χ0v) is 12.4. The number of piperidine rings is 3. The maximum atomic E-state index is 12.8. The molecule has 4 aliphatic rings. The average molecular weight is 323 g/mol. The summed E-state index contributed by atoms with van der Waals surface area (Å²) in [7, 11) is 0. The molecule has 4 aliphatic heterocycles. The van der Waals surface area contributed by atoms with E-state index in [1.165, 1.54) is 6.07 Å². The van der Waals surface area contributed by atoms with Gasteiger partial charge in [0.1, 0.15) is 5.60 Å². The maximum Gasteiger partial charge on any atom is 0.416 e. The number of ether oxygens (including phenoxy) is 1. The molecule has 3 saturated heterocycles. The van der Waals surface area contributed by atoms with Crippen molar-refractivity contribution in [2.24, 2.45) is 5.92 Å². The number of benzene rings is 1. The molecule has 7 heteroatoms. The lowest BCUT2D eigenvalue weighted by molar-refractivity contribution is -0.137. The van der Waals surface area contributed by atoms with Crippen LogP contribution in [0.4, 0.5) is 13.2 Å². The third-order valence-corrected chi connectivity index (χ3v) is 5.58. The van der Waals surface area contributed by atoms with Crippen LogP contribution >= 0.6 is 0 Å². The first-order valence-corrected chi connectivity index (χ1v) is 7.93. The highest BCUT2D eigenvalue weighted by molar-refractivity contribution is 5.78. The summed E-state index contributed by atoms with van der Waals surface area (Å²) in [5, 5.41) is 0. The fourth-order valence-electron chi connectivity index (χ4n) is 4.42. The van der Waals surface area contributed by atoms with Crippen molar-refractivity contribution >= 4 is 11.0 Å². The second-order valence-corrected chi connectivity index (χ2v) is 6.90. The summed E-state index contributed by atoms with van der Waals surface area (Å²) >= 11 is 0. The maximum absolute atomic E-state index is 12.8. The Kier molecular flexibility index (Phi) is 2.49. The molecule has 0 aliphatic carbocycles. The van der Waals surface area contributed by atoms with Gasteiger partial charge >= 0.3 is 6.18 Å². The van der Waals surface area contributed by atoms with Gasteiger partial charge in [-0.2, -0.15) is 18.2 Å². The lowest BCUT2D eigenvalue weighted by Crippen LogP contribution is -2.61. The zero-order valence-electron chi connectivity index (χ0n) is 12.4. The van der Waals surface area contributed by atoms with E-state index in [1.54, 1.807) is 0 Å². The van der Waals surface area contributed by atoms with E-state index in [9.17, 15) is 13.2 Å². The van der Waals surface area contributed by atoms with E-state index in [0.717, 1.165) is 50.1 Å². The fourth-order valence-corrected chi connectivity index (χ4v) is 4.42. The number of hydrogen-bond donors (Lipinski definition) is 0. The second-order valence-electron chi connectivity index (χ2n) is 6.90. The van der Waals surface area contributed by atoms with Gasteiger partial charge in [-0.1, -0.05) is 0 Å². The molecule has 0 amide bonds. The van der Waals surface area contributed by atoms with Gasteiger partial charge in [-0.15, -0.1) is 0 Å². The lowest BCUT2D eigenvalue weighted by Gasteiger charge is -2.50. The van der Waals surface area contributed by atoms with Crippen molar-refractivity contribution in [3.8, 4) is 6.01 Å². The molecule has 0 saturated carbocycles. The largest absolute Gasteiger partial charge is 0.454 e. The predicted molar refractivity (Wildman–Crippen MR) is 77.3 cm³/mol. The summed E-state index contributed by atoms with van der Waals surface area (Å²) in [6.07, 6.45) is -2.10. The molecule has 1 aromatic heterocycles. The minimum absolute atomic E-state index is 0.240. The molecule has 6 rings (SSSR count). The van der Waals surface area contributed by atoms with E-state index in [0.29, 0.717) is 24.0 Å². The molecule has 5 heterocycles. The summed E-state index contributed by atoms with van der Waals surface area (Å²) in [5.41, 5.74) is 0.169. The Morgan fingerprint density at radius 3 is 2.61 bits per heavy atom. The second kappa shape index (κ2) is 4.20. The van der Waals surface area contributed by atoms with E-state index < -0.39 is 11.7 Å². The van der Waals surface area contributed by atoms with Gasteiger partial charge in [0, 0.05) is 12.5 Å². The van der Waals surface area contributed by atoms with Crippen LogP contribution in [-0.2, 0) is 12.7 Å². The van der Waals surface area contributed by atoms with Crippen molar-refractivity contribution in [2.45, 2.75) is 31.2 Å². The Balaban J connectivity index is 1.54. The van der Waals surface area contributed by atoms with Gasteiger partial charge in [-0.05, 0) is 44.1 Å². The van der Waals surface area contributed by atoms with Crippen LogP contribution in [0.1, 0.15) is 18.4 Å². The Morgan fingerprint density at radius 2 is 1.96 bits per heavy atom. The highest BCUT2D eigenvalue weighted by Gasteiger charge is 2.53. The van der Waals surface area contributed by atoms with Gasteiger partial charge in [-0.3, -0.25) is 9.47 Å². The average Bonchev–Trinajstić information content (AvgIpc) is 3.01. The third-order valence-electron chi connectivity index (χ3n) is 5.58. The molecule has 1 atom stereocenters. The molecule has 0 radical (unpaired) electrons. The molecule has 23 heavy (non-hydrogen) atoms. The molecule has 0 unspecified atom stereocenters. The van der Waals surface area contributed by atoms with Gasteiger partial charge in [0.15, 0.2) is 0 Å². The molecule has 3 fully saturated rings. The number of fused-ring (bicyclic) bond motifs is 5. The molecule has 4 nitrogen and oxygen atoms in total. The first-order valence-electron chi connectivity index (χ1n) is 7.93. The molecule has 1 aromatic carbocycles. The predicted octanol–water partition coefficient (Wildman–Crippen LogP) is 2.91. The monoisotopic (exact) mass is 323 g/mol. The van der Waals surface area contributed by atoms with Crippen molar-refractivity contribution < 1.29 is 17.9 Å². The Morgan fingerprint density at radius 1 is 1.17 bits per heavy atom. The van der Waals surface area contributed by atoms with Crippen LogP contribution in [0.15, 0.2) is 18.2 Å². The van der Waals surface area contributed by atoms with Crippen LogP contribution in [0.5, 0.6) is 6.01 Å². The van der Waals surface area contributed by atoms with Crippen molar-refractivity contribution in [3.05, 3.63) is 23.8 Å². The Bertz CT molecular complexity index is 792. The van der Waals surface area contributed by atoms with Crippen LogP contribution in [-0.4, -0.2) is 39.7 Å². The summed E-state index contributed by atoms with van der Waals surface area (Å²) in [6, 6.07) is 4.21. The number of hydrogen-bond acceptors (Lipinski definition) is 3. The first-order chi connectivity index (χ1) is 10.9. The number of halogens is 3. The van der Waals surface area contributed by atoms with Crippen LogP contribution in [0.2, 0.25) is 0 Å². The standard InChI is InChI=1S/C16H16F3N3O/c17-16(18,19)11-1-2-13-12(7-11)20-14-22(13)9-15(23-14)8-21-5-3-10(15)4-6-21/h1-2,7,10H,3-6,8-9H2/t15-/m0/s1. The smallest absolute Gasteiger partial charge is 0.416 e. The Hall–Kier alpha value is -1.76. The van der Waals surface area contributed by atoms with Gasteiger partial charge in [0.25, 0.3) is 6.01 Å². The topological polar surface area (TPSA) is 30.3 Å². The van der Waals surface area contributed by atoms with Crippen LogP contribution < -0.4 is 4.74 Å². The summed E-state index contributed by atoms with van der Waals surface area (Å²) in [5.74, 6) is 0.513. The number of rotatable bonds is 0. The molecule has 2 aromatic rings. The highest BCUT2D eigenvalue weighted by Crippen LogP contribution is 2.45.